The minimum absolute atomic E-state index is 0.581. The first-order valence-corrected chi connectivity index (χ1v) is 8.80. The third-order valence-corrected chi connectivity index (χ3v) is 4.77. The van der Waals surface area contributed by atoms with Crippen LogP contribution in [0, 0.1) is 0 Å². The maximum atomic E-state index is 5.17. The molecule has 1 N–H and O–H groups in total. The Morgan fingerprint density at radius 1 is 1.08 bits per heavy atom. The number of pyridine rings is 1. The second kappa shape index (κ2) is 7.01. The van der Waals surface area contributed by atoms with E-state index < -0.39 is 0 Å². The van der Waals surface area contributed by atoms with E-state index in [9.17, 15) is 0 Å². The molecule has 0 aliphatic carbocycles. The van der Waals surface area contributed by atoms with Crippen molar-refractivity contribution < 1.29 is 9.47 Å². The van der Waals surface area contributed by atoms with Gasteiger partial charge in [-0.25, -0.2) is 14.5 Å². The molecule has 8 heteroatoms. The van der Waals surface area contributed by atoms with Crippen LogP contribution in [0.25, 0.3) is 16.2 Å². The first-order chi connectivity index (χ1) is 12.7. The van der Waals surface area contributed by atoms with Crippen LogP contribution < -0.4 is 14.8 Å². The lowest BCUT2D eigenvalue weighted by molar-refractivity contribution is 0.398. The van der Waals surface area contributed by atoms with E-state index in [1.807, 2.05) is 42.6 Å². The largest absolute Gasteiger partial charge is 0.497 e. The number of imidazole rings is 1. The zero-order valence-corrected chi connectivity index (χ0v) is 15.2. The number of nitrogens with zero attached hydrogens (tertiary/aromatic N) is 4. The molecule has 0 aliphatic heterocycles. The van der Waals surface area contributed by atoms with Gasteiger partial charge >= 0.3 is 0 Å². The lowest BCUT2D eigenvalue weighted by Crippen LogP contribution is -1.99. The molecule has 7 nitrogen and oxygen atoms in total. The van der Waals surface area contributed by atoms with Crippen LogP contribution in [0.1, 0.15) is 5.56 Å². The summed E-state index contributed by atoms with van der Waals surface area (Å²) in [4.78, 5) is 9.66. The van der Waals surface area contributed by atoms with E-state index in [4.69, 9.17) is 9.47 Å². The summed E-state index contributed by atoms with van der Waals surface area (Å²) < 4.78 is 12.0. The fourth-order valence-corrected chi connectivity index (χ4v) is 3.26. The van der Waals surface area contributed by atoms with E-state index >= 15 is 0 Å². The van der Waals surface area contributed by atoms with Crippen LogP contribution in [-0.2, 0) is 6.54 Å². The zero-order chi connectivity index (χ0) is 17.9. The van der Waals surface area contributed by atoms with Crippen LogP contribution in [0.2, 0.25) is 0 Å². The minimum Gasteiger partial charge on any atom is -0.497 e. The topological polar surface area (TPSA) is 73.6 Å². The second-order valence-corrected chi connectivity index (χ2v) is 6.51. The number of methoxy groups -OCH3 is 2. The highest BCUT2D eigenvalue weighted by atomic mass is 32.1. The molecule has 0 atom stereocenters. The Labute approximate surface area is 154 Å². The average Bonchev–Trinajstić information content (AvgIpc) is 3.25. The summed E-state index contributed by atoms with van der Waals surface area (Å²) >= 11 is 1.51. The zero-order valence-electron chi connectivity index (χ0n) is 14.3. The third-order valence-electron chi connectivity index (χ3n) is 3.89. The summed E-state index contributed by atoms with van der Waals surface area (Å²) in [5.41, 5.74) is 2.92. The number of benzene rings is 1. The van der Waals surface area contributed by atoms with Crippen molar-refractivity contribution in [2.75, 3.05) is 19.5 Å². The van der Waals surface area contributed by atoms with E-state index in [2.05, 4.69) is 20.4 Å². The smallest absolute Gasteiger partial charge is 0.214 e. The summed E-state index contributed by atoms with van der Waals surface area (Å²) in [5.74, 6) is 1.43. The van der Waals surface area contributed by atoms with Crippen LogP contribution >= 0.6 is 11.3 Å². The number of hydrogen-bond acceptors (Lipinski definition) is 7. The number of ether oxygens (including phenoxy) is 2. The quantitative estimate of drug-likeness (QED) is 0.562. The van der Waals surface area contributed by atoms with Gasteiger partial charge in [0.1, 0.15) is 5.75 Å². The Hall–Kier alpha value is -3.13. The standard InChI is InChI=1S/C18H17N5O2S/c1-24-14-6-3-12(4-7-14)9-20-17-22-23-11-15(21-18(23)26-17)13-5-8-16(25-2)19-10-13/h3-8,10-11H,9H2,1-2H3,(H,20,22). The summed E-state index contributed by atoms with van der Waals surface area (Å²) in [6.07, 6.45) is 3.64. The molecular formula is C18H17N5O2S. The van der Waals surface area contributed by atoms with Gasteiger partial charge in [0.25, 0.3) is 0 Å². The molecule has 3 aromatic heterocycles. The van der Waals surface area contributed by atoms with Crippen molar-refractivity contribution in [2.45, 2.75) is 6.54 Å². The van der Waals surface area contributed by atoms with Gasteiger partial charge in [0.05, 0.1) is 26.1 Å². The first-order valence-electron chi connectivity index (χ1n) is 7.98. The number of hydrogen-bond donors (Lipinski definition) is 1. The molecule has 0 unspecified atom stereocenters. The Morgan fingerprint density at radius 2 is 1.92 bits per heavy atom. The van der Waals surface area contributed by atoms with Gasteiger partial charge in [-0.05, 0) is 23.8 Å². The highest BCUT2D eigenvalue weighted by Crippen LogP contribution is 2.25. The van der Waals surface area contributed by atoms with Gasteiger partial charge in [0.15, 0.2) is 0 Å². The molecule has 0 radical (unpaired) electrons. The molecule has 1 aromatic carbocycles. The Morgan fingerprint density at radius 3 is 2.58 bits per heavy atom. The minimum atomic E-state index is 0.581. The van der Waals surface area contributed by atoms with Crippen molar-refractivity contribution in [1.29, 1.82) is 0 Å². The van der Waals surface area contributed by atoms with Crippen molar-refractivity contribution in [2.24, 2.45) is 0 Å². The maximum absolute atomic E-state index is 5.17. The average molecular weight is 367 g/mol. The van der Waals surface area contributed by atoms with Crippen LogP contribution in [-0.4, -0.2) is 33.8 Å². The van der Waals surface area contributed by atoms with Crippen molar-refractivity contribution >= 4 is 21.4 Å². The Kier molecular flexibility index (Phi) is 4.40. The summed E-state index contributed by atoms with van der Waals surface area (Å²) in [7, 11) is 3.26. The number of nitrogens with one attached hydrogen (secondary N) is 1. The van der Waals surface area contributed by atoms with E-state index in [0.717, 1.165) is 32.7 Å². The van der Waals surface area contributed by atoms with E-state index in [1.54, 1.807) is 24.9 Å². The second-order valence-electron chi connectivity index (χ2n) is 5.55. The van der Waals surface area contributed by atoms with Gasteiger partial charge in [0.2, 0.25) is 16.0 Å². The molecule has 26 heavy (non-hydrogen) atoms. The first kappa shape index (κ1) is 16.3. The molecule has 0 saturated heterocycles. The van der Waals surface area contributed by atoms with Gasteiger partial charge in [-0.1, -0.05) is 23.5 Å². The van der Waals surface area contributed by atoms with Crippen molar-refractivity contribution in [3.63, 3.8) is 0 Å². The molecule has 0 bridgehead atoms. The molecule has 132 valence electrons. The normalized spacial score (nSPS) is 10.8. The highest BCUT2D eigenvalue weighted by molar-refractivity contribution is 7.20. The molecular weight excluding hydrogens is 350 g/mol. The van der Waals surface area contributed by atoms with E-state index in [0.29, 0.717) is 12.4 Å². The number of fused-ring (bicyclic) bond motifs is 1. The molecule has 0 saturated carbocycles. The van der Waals surface area contributed by atoms with Gasteiger partial charge in [-0.3, -0.25) is 0 Å². The third kappa shape index (κ3) is 3.31. The fourth-order valence-electron chi connectivity index (χ4n) is 2.48. The molecule has 0 spiro atoms. The monoisotopic (exact) mass is 367 g/mol. The lowest BCUT2D eigenvalue weighted by Gasteiger charge is -2.04. The maximum Gasteiger partial charge on any atom is 0.214 e. The molecule has 3 heterocycles. The number of rotatable bonds is 6. The van der Waals surface area contributed by atoms with Crippen LogP contribution in [0.5, 0.6) is 11.6 Å². The Bertz CT molecular complexity index is 977. The van der Waals surface area contributed by atoms with Gasteiger partial charge in [-0.2, -0.15) is 0 Å². The van der Waals surface area contributed by atoms with Crippen molar-refractivity contribution in [1.82, 2.24) is 19.6 Å². The predicted octanol–water partition coefficient (Wildman–Crippen LogP) is 3.48. The number of anilines is 1. The number of aromatic nitrogens is 4. The summed E-state index contributed by atoms with van der Waals surface area (Å²) in [6.45, 7) is 0.690. The van der Waals surface area contributed by atoms with Crippen LogP contribution in [0.4, 0.5) is 5.13 Å². The SMILES string of the molecule is COc1ccc(CNc2nn3cc(-c4ccc(OC)nc4)nc3s2)cc1. The summed E-state index contributed by atoms with van der Waals surface area (Å²) in [6, 6.07) is 11.7. The van der Waals surface area contributed by atoms with Crippen LogP contribution in [0.3, 0.4) is 0 Å². The van der Waals surface area contributed by atoms with Gasteiger partial charge in [0, 0.05) is 24.4 Å². The van der Waals surface area contributed by atoms with Gasteiger partial charge in [-0.15, -0.1) is 5.10 Å². The molecule has 0 aliphatic rings. The van der Waals surface area contributed by atoms with E-state index in [1.165, 1.54) is 11.3 Å². The van der Waals surface area contributed by atoms with Gasteiger partial charge < -0.3 is 14.8 Å². The van der Waals surface area contributed by atoms with E-state index in [-0.39, 0.29) is 0 Å². The van der Waals surface area contributed by atoms with Crippen molar-refractivity contribution in [3.05, 3.63) is 54.4 Å². The summed E-state index contributed by atoms with van der Waals surface area (Å²) in [5, 5.41) is 8.68. The van der Waals surface area contributed by atoms with Crippen molar-refractivity contribution in [3.8, 4) is 22.9 Å². The molecule has 4 aromatic rings. The molecule has 4 rings (SSSR count). The lowest BCUT2D eigenvalue weighted by atomic mass is 10.2. The predicted molar refractivity (Wildman–Crippen MR) is 101 cm³/mol. The molecule has 0 amide bonds. The highest BCUT2D eigenvalue weighted by Gasteiger charge is 2.10. The Balaban J connectivity index is 1.46. The molecule has 0 fully saturated rings. The fraction of sp³-hybridized carbons (Fsp3) is 0.167. The van der Waals surface area contributed by atoms with Crippen LogP contribution in [0.15, 0.2) is 48.8 Å².